The summed E-state index contributed by atoms with van der Waals surface area (Å²) in [6.07, 6.45) is 1.68. The smallest absolute Gasteiger partial charge is 0.424 e. The van der Waals surface area contributed by atoms with Gasteiger partial charge >= 0.3 is 7.12 Å². The fraction of sp³-hybridized carbons (Fsp3) is 0. The van der Waals surface area contributed by atoms with Gasteiger partial charge in [-0.1, -0.05) is 18.1 Å². The highest BCUT2D eigenvalue weighted by atomic mass is 32.1. The van der Waals surface area contributed by atoms with Gasteiger partial charge in [-0.25, -0.2) is 0 Å². The van der Waals surface area contributed by atoms with Crippen molar-refractivity contribution in [2.24, 2.45) is 0 Å². The topological polar surface area (TPSA) is 40.5 Å². The molecule has 0 radical (unpaired) electrons. The minimum atomic E-state index is -1.35. The SMILES string of the molecule is OB(O)C=Cc1cccs1. The highest BCUT2D eigenvalue weighted by Gasteiger charge is 1.97. The van der Waals surface area contributed by atoms with E-state index in [0.29, 0.717) is 0 Å². The van der Waals surface area contributed by atoms with E-state index in [2.05, 4.69) is 0 Å². The molecule has 0 saturated heterocycles. The predicted octanol–water partition coefficient (Wildman–Crippen LogP) is 0.773. The standard InChI is InChI=1S/C6H7BO2S/c8-7(9)4-3-6-2-1-5-10-6/h1-5,8-9H. The molecule has 0 fully saturated rings. The van der Waals surface area contributed by atoms with Crippen molar-refractivity contribution >= 4 is 24.5 Å². The summed E-state index contributed by atoms with van der Waals surface area (Å²) in [4.78, 5) is 1.02. The van der Waals surface area contributed by atoms with Crippen LogP contribution in [0.1, 0.15) is 4.88 Å². The van der Waals surface area contributed by atoms with Crippen LogP contribution in [0.15, 0.2) is 23.5 Å². The molecule has 1 aromatic heterocycles. The second kappa shape index (κ2) is 3.56. The molecular formula is C6H7BO2S. The fourth-order valence-corrected chi connectivity index (χ4v) is 1.20. The van der Waals surface area contributed by atoms with E-state index >= 15 is 0 Å². The first-order valence-electron chi connectivity index (χ1n) is 2.87. The zero-order valence-electron chi connectivity index (χ0n) is 5.27. The van der Waals surface area contributed by atoms with Gasteiger partial charge in [-0.15, -0.1) is 11.3 Å². The summed E-state index contributed by atoms with van der Waals surface area (Å²) in [5, 5.41) is 18.8. The van der Waals surface area contributed by atoms with Crippen LogP contribution in [0.25, 0.3) is 6.08 Å². The van der Waals surface area contributed by atoms with Crippen LogP contribution in [-0.2, 0) is 0 Å². The first-order valence-corrected chi connectivity index (χ1v) is 3.75. The molecule has 2 nitrogen and oxygen atoms in total. The maximum atomic E-state index is 8.42. The molecule has 0 aliphatic rings. The van der Waals surface area contributed by atoms with Gasteiger partial charge in [0.05, 0.1) is 0 Å². The zero-order valence-corrected chi connectivity index (χ0v) is 6.08. The molecule has 1 rings (SSSR count). The third kappa shape index (κ3) is 2.35. The first kappa shape index (κ1) is 7.53. The third-order valence-electron chi connectivity index (χ3n) is 0.976. The molecule has 0 amide bonds. The second-order valence-electron chi connectivity index (χ2n) is 1.79. The molecule has 0 spiro atoms. The Balaban J connectivity index is 2.55. The van der Waals surface area contributed by atoms with Crippen LogP contribution in [0, 0.1) is 0 Å². The number of hydrogen-bond donors (Lipinski definition) is 2. The molecular weight excluding hydrogens is 147 g/mol. The Morgan fingerprint density at radius 1 is 1.50 bits per heavy atom. The van der Waals surface area contributed by atoms with E-state index in [0.717, 1.165) is 4.88 Å². The average molecular weight is 154 g/mol. The molecule has 10 heavy (non-hydrogen) atoms. The van der Waals surface area contributed by atoms with Crippen molar-refractivity contribution in [1.82, 2.24) is 0 Å². The quantitative estimate of drug-likeness (QED) is 0.617. The largest absolute Gasteiger partial charge is 0.480 e. The molecule has 0 atom stereocenters. The van der Waals surface area contributed by atoms with E-state index in [9.17, 15) is 0 Å². The van der Waals surface area contributed by atoms with Crippen LogP contribution < -0.4 is 0 Å². The third-order valence-corrected chi connectivity index (χ3v) is 1.81. The van der Waals surface area contributed by atoms with E-state index < -0.39 is 7.12 Å². The Hall–Kier alpha value is -0.575. The molecule has 0 aliphatic carbocycles. The molecule has 0 saturated carbocycles. The van der Waals surface area contributed by atoms with E-state index in [1.54, 1.807) is 17.4 Å². The summed E-state index contributed by atoms with van der Waals surface area (Å²) in [5.41, 5.74) is 0. The highest BCUT2D eigenvalue weighted by molar-refractivity contribution is 7.10. The Kier molecular flexibility index (Phi) is 2.68. The van der Waals surface area contributed by atoms with Crippen LogP contribution in [0.4, 0.5) is 0 Å². The van der Waals surface area contributed by atoms with Gasteiger partial charge in [0, 0.05) is 4.88 Å². The van der Waals surface area contributed by atoms with Crippen LogP contribution in [0.2, 0.25) is 0 Å². The second-order valence-corrected chi connectivity index (χ2v) is 2.77. The maximum absolute atomic E-state index is 8.42. The molecule has 52 valence electrons. The van der Waals surface area contributed by atoms with Gasteiger partial charge in [0.25, 0.3) is 0 Å². The van der Waals surface area contributed by atoms with Crippen molar-refractivity contribution in [1.29, 1.82) is 0 Å². The number of thiophene rings is 1. The Morgan fingerprint density at radius 3 is 2.80 bits per heavy atom. The van der Waals surface area contributed by atoms with Crippen LogP contribution in [0.5, 0.6) is 0 Å². The minimum absolute atomic E-state index is 1.02. The van der Waals surface area contributed by atoms with Crippen LogP contribution in [0.3, 0.4) is 0 Å². The average Bonchev–Trinajstić information content (AvgIpc) is 2.34. The van der Waals surface area contributed by atoms with Crippen LogP contribution >= 0.6 is 11.3 Å². The lowest BCUT2D eigenvalue weighted by Gasteiger charge is -1.83. The summed E-state index contributed by atoms with van der Waals surface area (Å²) in [6.45, 7) is 0. The highest BCUT2D eigenvalue weighted by Crippen LogP contribution is 2.09. The van der Waals surface area contributed by atoms with E-state index in [-0.39, 0.29) is 0 Å². The molecule has 0 bridgehead atoms. The van der Waals surface area contributed by atoms with Crippen molar-refractivity contribution in [3.63, 3.8) is 0 Å². The zero-order chi connectivity index (χ0) is 7.40. The number of rotatable bonds is 2. The van der Waals surface area contributed by atoms with Crippen molar-refractivity contribution in [3.05, 3.63) is 28.4 Å². The monoisotopic (exact) mass is 154 g/mol. The Morgan fingerprint density at radius 2 is 2.30 bits per heavy atom. The fourth-order valence-electron chi connectivity index (χ4n) is 0.567. The van der Waals surface area contributed by atoms with Gasteiger partial charge in [0.2, 0.25) is 0 Å². The Labute approximate surface area is 63.6 Å². The molecule has 1 heterocycles. The molecule has 0 unspecified atom stereocenters. The van der Waals surface area contributed by atoms with E-state index in [4.69, 9.17) is 10.0 Å². The van der Waals surface area contributed by atoms with Crippen molar-refractivity contribution in [3.8, 4) is 0 Å². The molecule has 0 aliphatic heterocycles. The normalized spacial score (nSPS) is 10.6. The predicted molar refractivity (Wildman–Crippen MR) is 43.5 cm³/mol. The van der Waals surface area contributed by atoms with Crippen molar-refractivity contribution in [2.75, 3.05) is 0 Å². The maximum Gasteiger partial charge on any atom is 0.480 e. The lowest BCUT2D eigenvalue weighted by Crippen LogP contribution is -2.04. The van der Waals surface area contributed by atoms with Crippen molar-refractivity contribution in [2.45, 2.75) is 0 Å². The van der Waals surface area contributed by atoms with E-state index in [1.165, 1.54) is 5.98 Å². The summed E-state index contributed by atoms with van der Waals surface area (Å²) in [6, 6.07) is 3.82. The van der Waals surface area contributed by atoms with E-state index in [1.807, 2.05) is 17.5 Å². The van der Waals surface area contributed by atoms with Gasteiger partial charge in [0.1, 0.15) is 0 Å². The minimum Gasteiger partial charge on any atom is -0.424 e. The first-order chi connectivity index (χ1) is 4.79. The van der Waals surface area contributed by atoms with Gasteiger partial charge in [0.15, 0.2) is 0 Å². The summed E-state index contributed by atoms with van der Waals surface area (Å²) >= 11 is 1.56. The van der Waals surface area contributed by atoms with Crippen molar-refractivity contribution < 1.29 is 10.0 Å². The summed E-state index contributed by atoms with van der Waals surface area (Å²) in [5.74, 6) is 1.33. The lowest BCUT2D eigenvalue weighted by molar-refractivity contribution is 0.424. The van der Waals surface area contributed by atoms with Gasteiger partial charge in [-0.3, -0.25) is 0 Å². The molecule has 2 N–H and O–H groups in total. The number of hydrogen-bond acceptors (Lipinski definition) is 3. The molecule has 1 aromatic rings. The molecule has 0 aromatic carbocycles. The van der Waals surface area contributed by atoms with Gasteiger partial charge in [-0.2, -0.15) is 0 Å². The summed E-state index contributed by atoms with van der Waals surface area (Å²) in [7, 11) is -1.35. The Bertz CT molecular complexity index is 206. The van der Waals surface area contributed by atoms with Gasteiger partial charge in [-0.05, 0) is 11.4 Å². The molecule has 4 heteroatoms. The lowest BCUT2D eigenvalue weighted by atomic mass is 9.92. The van der Waals surface area contributed by atoms with Crippen LogP contribution in [-0.4, -0.2) is 17.2 Å². The van der Waals surface area contributed by atoms with Gasteiger partial charge < -0.3 is 10.0 Å². The summed E-state index contributed by atoms with van der Waals surface area (Å²) < 4.78 is 0.